The summed E-state index contributed by atoms with van der Waals surface area (Å²) < 4.78 is 5.27. The quantitative estimate of drug-likeness (QED) is 0.696. The van der Waals surface area contributed by atoms with Gasteiger partial charge in [0.05, 0.1) is 12.6 Å². The summed E-state index contributed by atoms with van der Waals surface area (Å²) in [5, 5.41) is 14.7. The van der Waals surface area contributed by atoms with Gasteiger partial charge in [0.25, 0.3) is 0 Å². The van der Waals surface area contributed by atoms with E-state index in [1.807, 2.05) is 24.3 Å². The molecule has 0 aliphatic carbocycles. The predicted octanol–water partition coefficient (Wildman–Crippen LogP) is 0.426. The number of aliphatic hydroxyl groups is 1. The van der Waals surface area contributed by atoms with E-state index in [0.717, 1.165) is 30.7 Å². The molecule has 5 heteroatoms. The highest BCUT2D eigenvalue weighted by molar-refractivity contribution is 5.81. The Morgan fingerprint density at radius 3 is 2.84 bits per heavy atom. The molecule has 2 rings (SSSR count). The first kappa shape index (κ1) is 13.8. The van der Waals surface area contributed by atoms with Gasteiger partial charge in [-0.3, -0.25) is 4.79 Å². The molecule has 5 nitrogen and oxygen atoms in total. The van der Waals surface area contributed by atoms with E-state index in [1.54, 1.807) is 0 Å². The van der Waals surface area contributed by atoms with Gasteiger partial charge >= 0.3 is 0 Å². The van der Waals surface area contributed by atoms with Crippen molar-refractivity contribution in [2.24, 2.45) is 0 Å². The maximum absolute atomic E-state index is 11.8. The minimum atomic E-state index is -0.0350. The lowest BCUT2D eigenvalue weighted by Gasteiger charge is -2.11. The Balaban J connectivity index is 1.77. The Bertz CT molecular complexity index is 400. The lowest BCUT2D eigenvalue weighted by molar-refractivity contribution is -0.122. The third-order valence-corrected chi connectivity index (χ3v) is 3.13. The molecule has 1 aliphatic heterocycles. The summed E-state index contributed by atoms with van der Waals surface area (Å²) in [7, 11) is 0. The normalized spacial score (nSPS) is 18.3. The van der Waals surface area contributed by atoms with Crippen LogP contribution < -0.4 is 15.4 Å². The molecule has 0 aromatic heterocycles. The van der Waals surface area contributed by atoms with E-state index in [-0.39, 0.29) is 18.6 Å². The number of aliphatic hydroxyl groups excluding tert-OH is 1. The summed E-state index contributed by atoms with van der Waals surface area (Å²) in [6.45, 7) is 1.75. The van der Waals surface area contributed by atoms with Crippen LogP contribution in [0.1, 0.15) is 18.4 Å². The highest BCUT2D eigenvalue weighted by atomic mass is 16.5. The Morgan fingerprint density at radius 1 is 1.42 bits per heavy atom. The Kier molecular flexibility index (Phi) is 5.18. The molecule has 104 valence electrons. The monoisotopic (exact) mass is 264 g/mol. The Hall–Kier alpha value is -1.59. The van der Waals surface area contributed by atoms with Crippen LogP contribution >= 0.6 is 0 Å². The van der Waals surface area contributed by atoms with E-state index in [4.69, 9.17) is 9.84 Å². The van der Waals surface area contributed by atoms with E-state index < -0.39 is 0 Å². The minimum absolute atomic E-state index is 0.00615. The summed E-state index contributed by atoms with van der Waals surface area (Å²) in [6, 6.07) is 7.47. The molecule has 0 bridgehead atoms. The number of amides is 1. The zero-order valence-electron chi connectivity index (χ0n) is 10.9. The summed E-state index contributed by atoms with van der Waals surface area (Å²) in [5.74, 6) is 0.791. The molecule has 19 heavy (non-hydrogen) atoms. The molecule has 1 amide bonds. The van der Waals surface area contributed by atoms with Gasteiger partial charge in [-0.1, -0.05) is 12.1 Å². The zero-order valence-corrected chi connectivity index (χ0v) is 10.9. The van der Waals surface area contributed by atoms with E-state index in [9.17, 15) is 4.79 Å². The van der Waals surface area contributed by atoms with Crippen LogP contribution in [0.25, 0.3) is 0 Å². The topological polar surface area (TPSA) is 70.6 Å². The van der Waals surface area contributed by atoms with E-state index in [1.165, 1.54) is 0 Å². The average molecular weight is 264 g/mol. The molecule has 1 saturated heterocycles. The maximum Gasteiger partial charge on any atom is 0.237 e. The first-order valence-electron chi connectivity index (χ1n) is 6.63. The van der Waals surface area contributed by atoms with Gasteiger partial charge in [-0.05, 0) is 37.1 Å². The molecule has 1 unspecified atom stereocenters. The number of carbonyl (C=O) groups excluding carboxylic acids is 1. The van der Waals surface area contributed by atoms with Crippen molar-refractivity contribution in [3.8, 4) is 5.75 Å². The smallest absolute Gasteiger partial charge is 0.237 e. The zero-order chi connectivity index (χ0) is 13.5. The highest BCUT2D eigenvalue weighted by Crippen LogP contribution is 2.12. The van der Waals surface area contributed by atoms with Crippen LogP contribution in [0, 0.1) is 0 Å². The Morgan fingerprint density at radius 2 is 2.21 bits per heavy atom. The molecule has 0 saturated carbocycles. The van der Waals surface area contributed by atoms with E-state index in [2.05, 4.69) is 10.6 Å². The molecular formula is C14H20N2O3. The number of benzene rings is 1. The van der Waals surface area contributed by atoms with Crippen molar-refractivity contribution < 1.29 is 14.6 Å². The van der Waals surface area contributed by atoms with Crippen molar-refractivity contribution >= 4 is 5.91 Å². The van der Waals surface area contributed by atoms with Gasteiger partial charge in [0.2, 0.25) is 5.91 Å². The summed E-state index contributed by atoms with van der Waals surface area (Å²) in [5.41, 5.74) is 1.03. The molecule has 1 fully saturated rings. The third kappa shape index (κ3) is 4.22. The molecule has 1 heterocycles. The van der Waals surface area contributed by atoms with Crippen molar-refractivity contribution in [3.05, 3.63) is 29.8 Å². The number of nitrogens with one attached hydrogen (secondary N) is 2. The maximum atomic E-state index is 11.8. The fourth-order valence-electron chi connectivity index (χ4n) is 2.09. The second kappa shape index (κ2) is 7.11. The highest BCUT2D eigenvalue weighted by Gasteiger charge is 2.21. The van der Waals surface area contributed by atoms with Crippen LogP contribution in [-0.2, 0) is 11.3 Å². The lowest BCUT2D eigenvalue weighted by Crippen LogP contribution is -2.39. The first-order valence-corrected chi connectivity index (χ1v) is 6.63. The number of rotatable bonds is 6. The van der Waals surface area contributed by atoms with Crippen molar-refractivity contribution in [2.75, 3.05) is 19.8 Å². The fraction of sp³-hybridized carbons (Fsp3) is 0.500. The number of hydrogen-bond donors (Lipinski definition) is 3. The molecule has 1 aromatic carbocycles. The van der Waals surface area contributed by atoms with Crippen LogP contribution in [0.4, 0.5) is 0 Å². The molecule has 3 N–H and O–H groups in total. The van der Waals surface area contributed by atoms with Crippen molar-refractivity contribution in [1.29, 1.82) is 0 Å². The summed E-state index contributed by atoms with van der Waals surface area (Å²) in [4.78, 5) is 11.8. The van der Waals surface area contributed by atoms with Crippen LogP contribution in [0.2, 0.25) is 0 Å². The number of hydrogen-bond acceptors (Lipinski definition) is 4. The van der Waals surface area contributed by atoms with Crippen molar-refractivity contribution in [2.45, 2.75) is 25.4 Å². The predicted molar refractivity (Wildman–Crippen MR) is 71.9 cm³/mol. The standard InChI is InChI=1S/C14H20N2O3/c17-8-9-19-12-5-3-11(4-6-12)10-16-14(18)13-2-1-7-15-13/h3-6,13,15,17H,1-2,7-10H2,(H,16,18). The average Bonchev–Trinajstić information content (AvgIpc) is 2.98. The lowest BCUT2D eigenvalue weighted by atomic mass is 10.2. The van der Waals surface area contributed by atoms with Gasteiger partial charge in [-0.2, -0.15) is 0 Å². The van der Waals surface area contributed by atoms with Gasteiger partial charge in [0.1, 0.15) is 12.4 Å². The molecule has 1 aromatic rings. The molecule has 0 spiro atoms. The number of ether oxygens (including phenoxy) is 1. The van der Waals surface area contributed by atoms with E-state index >= 15 is 0 Å². The SMILES string of the molecule is O=C(NCc1ccc(OCCO)cc1)C1CCCN1. The summed E-state index contributed by atoms with van der Waals surface area (Å²) in [6.07, 6.45) is 1.98. The van der Waals surface area contributed by atoms with Gasteiger partial charge < -0.3 is 20.5 Å². The molecule has 1 atom stereocenters. The molecule has 1 aliphatic rings. The molecular weight excluding hydrogens is 244 g/mol. The van der Waals surface area contributed by atoms with Gasteiger partial charge in [-0.25, -0.2) is 0 Å². The van der Waals surface area contributed by atoms with Crippen molar-refractivity contribution in [3.63, 3.8) is 0 Å². The van der Waals surface area contributed by atoms with Crippen LogP contribution in [0.3, 0.4) is 0 Å². The third-order valence-electron chi connectivity index (χ3n) is 3.13. The van der Waals surface area contributed by atoms with Gasteiger partial charge in [-0.15, -0.1) is 0 Å². The largest absolute Gasteiger partial charge is 0.491 e. The van der Waals surface area contributed by atoms with Crippen LogP contribution in [-0.4, -0.2) is 36.8 Å². The Labute approximate surface area is 113 Å². The number of carbonyl (C=O) groups is 1. The summed E-state index contributed by atoms with van der Waals surface area (Å²) >= 11 is 0. The molecule has 0 radical (unpaired) electrons. The van der Waals surface area contributed by atoms with Gasteiger partial charge in [0.15, 0.2) is 0 Å². The first-order chi connectivity index (χ1) is 9.29. The van der Waals surface area contributed by atoms with Gasteiger partial charge in [0, 0.05) is 6.54 Å². The second-order valence-electron chi connectivity index (χ2n) is 4.58. The van der Waals surface area contributed by atoms with Crippen LogP contribution in [0.5, 0.6) is 5.75 Å². The fourth-order valence-corrected chi connectivity index (χ4v) is 2.09. The van der Waals surface area contributed by atoms with Crippen LogP contribution in [0.15, 0.2) is 24.3 Å². The minimum Gasteiger partial charge on any atom is -0.491 e. The second-order valence-corrected chi connectivity index (χ2v) is 4.58. The van der Waals surface area contributed by atoms with Crippen molar-refractivity contribution in [1.82, 2.24) is 10.6 Å². The van der Waals surface area contributed by atoms with E-state index in [0.29, 0.717) is 13.2 Å².